The third kappa shape index (κ3) is 1.32. The van der Waals surface area contributed by atoms with Gasteiger partial charge in [0.2, 0.25) is 0 Å². The predicted octanol–water partition coefficient (Wildman–Crippen LogP) is -0.189. The van der Waals surface area contributed by atoms with Crippen LogP contribution in [0.4, 0.5) is 0 Å². The van der Waals surface area contributed by atoms with Crippen LogP contribution in [0.1, 0.15) is 0 Å². The van der Waals surface area contributed by atoms with Crippen molar-refractivity contribution < 1.29 is 13.6 Å². The molecular formula is C3H4N2O3S2. The van der Waals surface area contributed by atoms with E-state index in [1.54, 1.807) is 0 Å². The number of hydrogen-bond acceptors (Lipinski definition) is 5. The highest BCUT2D eigenvalue weighted by atomic mass is 32.2. The summed E-state index contributed by atoms with van der Waals surface area (Å²) in [7, 11) is -3.69. The molecule has 1 aromatic heterocycles. The Bertz CT molecular complexity index is 290. The second-order valence-electron chi connectivity index (χ2n) is 1.42. The summed E-state index contributed by atoms with van der Waals surface area (Å²) in [6.07, 6.45) is 1.16. The van der Waals surface area contributed by atoms with Crippen LogP contribution in [-0.2, 0) is 10.0 Å². The van der Waals surface area contributed by atoms with Crippen LogP contribution in [-0.4, -0.2) is 18.6 Å². The van der Waals surface area contributed by atoms with E-state index in [2.05, 4.69) is 4.98 Å². The summed E-state index contributed by atoms with van der Waals surface area (Å²) in [6.45, 7) is 0. The first-order valence-corrected chi connectivity index (χ1v) is 4.57. The number of thiazole rings is 1. The fourth-order valence-electron chi connectivity index (χ4n) is 0.382. The van der Waals surface area contributed by atoms with E-state index in [1.807, 2.05) is 0 Å². The number of rotatable bonds is 2. The van der Waals surface area contributed by atoms with E-state index in [1.165, 1.54) is 10.4 Å². The normalized spacial score (nSPS) is 11.7. The van der Waals surface area contributed by atoms with Crippen molar-refractivity contribution in [2.45, 2.75) is 4.21 Å². The van der Waals surface area contributed by atoms with Crippen molar-refractivity contribution in [3.05, 3.63) is 11.7 Å². The third-order valence-corrected chi connectivity index (χ3v) is 3.18. The Balaban J connectivity index is 3.09. The van der Waals surface area contributed by atoms with Gasteiger partial charge in [-0.2, -0.15) is 0 Å². The lowest BCUT2D eigenvalue weighted by Gasteiger charge is -1.92. The maximum Gasteiger partial charge on any atom is 0.273 e. The van der Waals surface area contributed by atoms with Crippen molar-refractivity contribution in [2.75, 3.05) is 0 Å². The number of nitrogens with one attached hydrogen (secondary N) is 1. The lowest BCUT2D eigenvalue weighted by Crippen LogP contribution is -2.17. The minimum absolute atomic E-state index is 0.00463. The van der Waals surface area contributed by atoms with Gasteiger partial charge in [0, 0.05) is 0 Å². The Labute approximate surface area is 61.4 Å². The van der Waals surface area contributed by atoms with Gasteiger partial charge in [-0.05, 0) is 0 Å². The van der Waals surface area contributed by atoms with Crippen molar-refractivity contribution in [3.8, 4) is 0 Å². The van der Waals surface area contributed by atoms with E-state index in [0.717, 1.165) is 17.5 Å². The molecule has 0 fully saturated rings. The van der Waals surface area contributed by atoms with Gasteiger partial charge in [0.05, 0.1) is 11.7 Å². The van der Waals surface area contributed by atoms with E-state index >= 15 is 0 Å². The van der Waals surface area contributed by atoms with Crippen LogP contribution in [0, 0.1) is 0 Å². The van der Waals surface area contributed by atoms with Gasteiger partial charge in [0.15, 0.2) is 4.21 Å². The summed E-state index contributed by atoms with van der Waals surface area (Å²) < 4.78 is 21.3. The van der Waals surface area contributed by atoms with Gasteiger partial charge < -0.3 is 5.21 Å². The van der Waals surface area contributed by atoms with E-state index in [9.17, 15) is 8.42 Å². The summed E-state index contributed by atoms with van der Waals surface area (Å²) in [5, 5.41) is 8.11. The van der Waals surface area contributed by atoms with E-state index < -0.39 is 10.0 Å². The highest BCUT2D eigenvalue weighted by Gasteiger charge is 2.12. The molecule has 5 nitrogen and oxygen atoms in total. The second-order valence-corrected chi connectivity index (χ2v) is 4.19. The van der Waals surface area contributed by atoms with E-state index in [-0.39, 0.29) is 4.21 Å². The van der Waals surface area contributed by atoms with Gasteiger partial charge in [0.25, 0.3) is 10.0 Å². The van der Waals surface area contributed by atoms with Crippen LogP contribution >= 0.6 is 11.3 Å². The van der Waals surface area contributed by atoms with Crippen molar-refractivity contribution in [2.24, 2.45) is 0 Å². The average molecular weight is 180 g/mol. The Morgan fingerprint density at radius 1 is 1.70 bits per heavy atom. The Morgan fingerprint density at radius 3 is 2.80 bits per heavy atom. The molecule has 56 valence electrons. The standard InChI is InChI=1S/C3H4N2O3S2/c6-5-10(7,8)3-1-4-2-9-3/h1-2,5-6H. The molecule has 2 N–H and O–H groups in total. The molecule has 0 aliphatic carbocycles. The predicted molar refractivity (Wildman–Crippen MR) is 34.2 cm³/mol. The fraction of sp³-hybridized carbons (Fsp3) is 0. The summed E-state index contributed by atoms with van der Waals surface area (Å²) in [5.41, 5.74) is 1.37. The van der Waals surface area contributed by atoms with E-state index in [0.29, 0.717) is 0 Å². The summed E-state index contributed by atoms with van der Waals surface area (Å²) in [5.74, 6) is 0. The van der Waals surface area contributed by atoms with Crippen LogP contribution in [0.15, 0.2) is 15.9 Å². The second kappa shape index (κ2) is 2.62. The van der Waals surface area contributed by atoms with Crippen molar-refractivity contribution in [1.29, 1.82) is 0 Å². The molecule has 0 spiro atoms. The molecule has 1 heterocycles. The van der Waals surface area contributed by atoms with Crippen molar-refractivity contribution >= 4 is 21.4 Å². The minimum Gasteiger partial charge on any atom is -0.302 e. The summed E-state index contributed by atoms with van der Waals surface area (Å²) in [4.78, 5) is 4.71. The quantitative estimate of drug-likeness (QED) is 0.618. The first kappa shape index (κ1) is 7.61. The zero-order valence-corrected chi connectivity index (χ0v) is 6.32. The number of nitrogens with zero attached hydrogens (tertiary/aromatic N) is 1. The zero-order valence-electron chi connectivity index (χ0n) is 4.68. The highest BCUT2D eigenvalue weighted by Crippen LogP contribution is 2.11. The Morgan fingerprint density at radius 2 is 2.40 bits per heavy atom. The SMILES string of the molecule is O=S(=O)(NO)c1cncs1. The highest BCUT2D eigenvalue weighted by molar-refractivity contribution is 7.91. The number of sulfonamides is 1. The lowest BCUT2D eigenvalue weighted by molar-refractivity contribution is 0.243. The van der Waals surface area contributed by atoms with Gasteiger partial charge in [-0.3, -0.25) is 4.98 Å². The molecule has 0 saturated heterocycles. The first-order valence-electron chi connectivity index (χ1n) is 2.21. The first-order chi connectivity index (χ1) is 4.67. The molecule has 7 heteroatoms. The van der Waals surface area contributed by atoms with Crippen LogP contribution in [0.3, 0.4) is 0 Å². The summed E-state index contributed by atoms with van der Waals surface area (Å²) in [6, 6.07) is 0. The molecule has 0 amide bonds. The van der Waals surface area contributed by atoms with Crippen LogP contribution in [0.2, 0.25) is 0 Å². The van der Waals surface area contributed by atoms with Gasteiger partial charge in [-0.1, -0.05) is 4.89 Å². The minimum atomic E-state index is -3.69. The molecule has 0 aliphatic rings. The molecule has 0 aromatic carbocycles. The van der Waals surface area contributed by atoms with Crippen LogP contribution < -0.4 is 4.89 Å². The maximum absolute atomic E-state index is 10.7. The molecule has 0 bridgehead atoms. The molecule has 0 radical (unpaired) electrons. The molecule has 0 unspecified atom stereocenters. The van der Waals surface area contributed by atoms with Gasteiger partial charge >= 0.3 is 0 Å². The lowest BCUT2D eigenvalue weighted by atomic mass is 11.0. The molecule has 0 aliphatic heterocycles. The third-order valence-electron chi connectivity index (χ3n) is 0.795. The van der Waals surface area contributed by atoms with Gasteiger partial charge in [0.1, 0.15) is 0 Å². The van der Waals surface area contributed by atoms with Crippen LogP contribution in [0.25, 0.3) is 0 Å². The number of aromatic nitrogens is 1. The van der Waals surface area contributed by atoms with Crippen LogP contribution in [0.5, 0.6) is 0 Å². The summed E-state index contributed by atoms with van der Waals surface area (Å²) >= 11 is 0.933. The van der Waals surface area contributed by atoms with Crippen molar-refractivity contribution in [1.82, 2.24) is 9.87 Å². The largest absolute Gasteiger partial charge is 0.302 e. The fourth-order valence-corrected chi connectivity index (χ4v) is 1.77. The Hall–Kier alpha value is -0.500. The molecule has 10 heavy (non-hydrogen) atoms. The zero-order chi connectivity index (χ0) is 7.61. The average Bonchev–Trinajstić information content (AvgIpc) is 2.38. The molecular weight excluding hydrogens is 176 g/mol. The van der Waals surface area contributed by atoms with E-state index in [4.69, 9.17) is 5.21 Å². The Kier molecular flexibility index (Phi) is 2.00. The van der Waals surface area contributed by atoms with Crippen molar-refractivity contribution in [3.63, 3.8) is 0 Å². The monoisotopic (exact) mass is 180 g/mol. The molecule has 1 aromatic rings. The van der Waals surface area contributed by atoms with Gasteiger partial charge in [-0.25, -0.2) is 8.42 Å². The molecule has 0 atom stereocenters. The maximum atomic E-state index is 10.7. The number of hydrogen-bond donors (Lipinski definition) is 2. The topological polar surface area (TPSA) is 79.3 Å². The molecule has 1 rings (SSSR count). The van der Waals surface area contributed by atoms with Gasteiger partial charge in [-0.15, -0.1) is 11.3 Å². The molecule has 0 saturated carbocycles. The smallest absolute Gasteiger partial charge is 0.273 e.